The Morgan fingerprint density at radius 2 is 1.67 bits per heavy atom. The SMILES string of the molecule is COCCN(CCOC)C(=O)c1cccc(NC(=O)C(C)(C)C)c1. The molecule has 1 aromatic rings. The van der Waals surface area contributed by atoms with Crippen molar-refractivity contribution in [2.24, 2.45) is 5.41 Å². The fourth-order valence-electron chi connectivity index (χ4n) is 1.95. The van der Waals surface area contributed by atoms with Gasteiger partial charge in [0.25, 0.3) is 5.91 Å². The summed E-state index contributed by atoms with van der Waals surface area (Å²) in [5.74, 6) is -0.210. The molecule has 0 atom stereocenters. The van der Waals surface area contributed by atoms with E-state index in [1.807, 2.05) is 20.8 Å². The maximum Gasteiger partial charge on any atom is 0.254 e. The van der Waals surface area contributed by atoms with Crippen molar-refractivity contribution in [3.05, 3.63) is 29.8 Å². The van der Waals surface area contributed by atoms with Gasteiger partial charge >= 0.3 is 0 Å². The van der Waals surface area contributed by atoms with Crippen LogP contribution in [0.15, 0.2) is 24.3 Å². The lowest BCUT2D eigenvalue weighted by Crippen LogP contribution is -2.36. The van der Waals surface area contributed by atoms with Crippen LogP contribution in [0, 0.1) is 5.41 Å². The van der Waals surface area contributed by atoms with Crippen LogP contribution >= 0.6 is 0 Å². The average Bonchev–Trinajstić information content (AvgIpc) is 2.54. The summed E-state index contributed by atoms with van der Waals surface area (Å²) in [6.07, 6.45) is 0. The normalized spacial score (nSPS) is 11.2. The van der Waals surface area contributed by atoms with Crippen LogP contribution in [-0.4, -0.2) is 57.2 Å². The summed E-state index contributed by atoms with van der Waals surface area (Å²) in [4.78, 5) is 26.5. The molecular weight excluding hydrogens is 308 g/mol. The van der Waals surface area contributed by atoms with Gasteiger partial charge in [0.15, 0.2) is 0 Å². The van der Waals surface area contributed by atoms with E-state index in [-0.39, 0.29) is 11.8 Å². The number of ether oxygens (including phenoxy) is 2. The molecule has 6 heteroatoms. The van der Waals surface area contributed by atoms with Crippen LogP contribution in [-0.2, 0) is 14.3 Å². The summed E-state index contributed by atoms with van der Waals surface area (Å²) in [6, 6.07) is 6.96. The van der Waals surface area contributed by atoms with Crippen molar-refractivity contribution in [1.82, 2.24) is 4.90 Å². The molecule has 1 N–H and O–H groups in total. The number of rotatable bonds is 8. The second-order valence-electron chi connectivity index (χ2n) is 6.56. The molecular formula is C18H28N2O4. The van der Waals surface area contributed by atoms with Crippen molar-refractivity contribution in [2.75, 3.05) is 45.8 Å². The monoisotopic (exact) mass is 336 g/mol. The van der Waals surface area contributed by atoms with Crippen molar-refractivity contribution in [3.8, 4) is 0 Å². The van der Waals surface area contributed by atoms with E-state index in [0.717, 1.165) is 0 Å². The van der Waals surface area contributed by atoms with Crippen molar-refractivity contribution in [2.45, 2.75) is 20.8 Å². The number of carbonyl (C=O) groups is 2. The van der Waals surface area contributed by atoms with Crippen LogP contribution < -0.4 is 5.32 Å². The fraction of sp³-hybridized carbons (Fsp3) is 0.556. The summed E-state index contributed by atoms with van der Waals surface area (Å²) < 4.78 is 10.1. The first kappa shape index (κ1) is 20.1. The van der Waals surface area contributed by atoms with E-state index >= 15 is 0 Å². The first-order valence-electron chi connectivity index (χ1n) is 7.98. The quantitative estimate of drug-likeness (QED) is 0.791. The number of hydrogen-bond donors (Lipinski definition) is 1. The second kappa shape index (κ2) is 9.39. The van der Waals surface area contributed by atoms with Gasteiger partial charge in [-0.1, -0.05) is 26.8 Å². The van der Waals surface area contributed by atoms with E-state index in [4.69, 9.17) is 9.47 Å². The minimum absolute atomic E-state index is 0.0947. The highest BCUT2D eigenvalue weighted by Crippen LogP contribution is 2.19. The van der Waals surface area contributed by atoms with E-state index in [0.29, 0.717) is 37.6 Å². The topological polar surface area (TPSA) is 67.9 Å². The molecule has 0 fully saturated rings. The molecule has 0 heterocycles. The Hall–Kier alpha value is -1.92. The van der Waals surface area contributed by atoms with Crippen LogP contribution in [0.3, 0.4) is 0 Å². The van der Waals surface area contributed by atoms with Crippen molar-refractivity contribution in [3.63, 3.8) is 0 Å². The zero-order valence-corrected chi connectivity index (χ0v) is 15.2. The maximum atomic E-state index is 12.7. The van der Waals surface area contributed by atoms with Crippen molar-refractivity contribution in [1.29, 1.82) is 0 Å². The van der Waals surface area contributed by atoms with Crippen LogP contribution in [0.1, 0.15) is 31.1 Å². The molecule has 1 rings (SSSR count). The van der Waals surface area contributed by atoms with E-state index in [2.05, 4.69) is 5.32 Å². The van der Waals surface area contributed by atoms with Gasteiger partial charge in [0, 0.05) is 44.0 Å². The Bertz CT molecular complexity index is 544. The lowest BCUT2D eigenvalue weighted by molar-refractivity contribution is -0.123. The first-order chi connectivity index (χ1) is 11.3. The minimum Gasteiger partial charge on any atom is -0.383 e. The first-order valence-corrected chi connectivity index (χ1v) is 7.98. The van der Waals surface area contributed by atoms with Gasteiger partial charge in [-0.25, -0.2) is 0 Å². The standard InChI is InChI=1S/C18H28N2O4/c1-18(2,3)17(22)19-15-8-6-7-14(13-15)16(21)20(9-11-23-4)10-12-24-5/h6-8,13H,9-12H2,1-5H3,(H,19,22). The maximum absolute atomic E-state index is 12.7. The van der Waals surface area contributed by atoms with Gasteiger partial charge < -0.3 is 19.7 Å². The van der Waals surface area contributed by atoms with Gasteiger partial charge in [0.2, 0.25) is 5.91 Å². The van der Waals surface area contributed by atoms with Crippen molar-refractivity contribution < 1.29 is 19.1 Å². The van der Waals surface area contributed by atoms with Gasteiger partial charge in [0.05, 0.1) is 13.2 Å². The summed E-state index contributed by atoms with van der Waals surface area (Å²) >= 11 is 0. The van der Waals surface area contributed by atoms with Crippen molar-refractivity contribution >= 4 is 17.5 Å². The lowest BCUT2D eigenvalue weighted by Gasteiger charge is -2.23. The lowest BCUT2D eigenvalue weighted by atomic mass is 9.95. The van der Waals surface area contributed by atoms with Gasteiger partial charge in [0.1, 0.15) is 0 Å². The number of methoxy groups -OCH3 is 2. The zero-order valence-electron chi connectivity index (χ0n) is 15.2. The number of anilines is 1. The van der Waals surface area contributed by atoms with Crippen LogP contribution in [0.25, 0.3) is 0 Å². The van der Waals surface area contributed by atoms with Gasteiger partial charge in [-0.15, -0.1) is 0 Å². The van der Waals surface area contributed by atoms with Crippen LogP contribution in [0.5, 0.6) is 0 Å². The highest BCUT2D eigenvalue weighted by atomic mass is 16.5. The van der Waals surface area contributed by atoms with Gasteiger partial charge in [-0.2, -0.15) is 0 Å². The summed E-state index contributed by atoms with van der Waals surface area (Å²) in [6.45, 7) is 7.40. The molecule has 0 spiro atoms. The van der Waals surface area contributed by atoms with Crippen LogP contribution in [0.2, 0.25) is 0 Å². The second-order valence-corrected chi connectivity index (χ2v) is 6.56. The molecule has 0 aliphatic carbocycles. The predicted molar refractivity (Wildman–Crippen MR) is 94.2 cm³/mol. The summed E-state index contributed by atoms with van der Waals surface area (Å²) in [7, 11) is 3.20. The zero-order chi connectivity index (χ0) is 18.2. The third-order valence-corrected chi connectivity index (χ3v) is 3.47. The third kappa shape index (κ3) is 6.29. The highest BCUT2D eigenvalue weighted by Gasteiger charge is 2.22. The number of nitrogens with zero attached hydrogens (tertiary/aromatic N) is 1. The third-order valence-electron chi connectivity index (χ3n) is 3.47. The smallest absolute Gasteiger partial charge is 0.254 e. The number of benzene rings is 1. The molecule has 2 amide bonds. The van der Waals surface area contributed by atoms with E-state index in [9.17, 15) is 9.59 Å². The Labute approximate surface area is 144 Å². The number of nitrogens with one attached hydrogen (secondary N) is 1. The highest BCUT2D eigenvalue weighted by molar-refractivity contribution is 5.98. The Kier molecular flexibility index (Phi) is 7.88. The average molecular weight is 336 g/mol. The molecule has 0 saturated carbocycles. The number of carbonyl (C=O) groups excluding carboxylic acids is 2. The van der Waals surface area contributed by atoms with E-state index in [1.54, 1.807) is 43.4 Å². The van der Waals surface area contributed by atoms with Gasteiger partial charge in [-0.05, 0) is 18.2 Å². The predicted octanol–water partition coefficient (Wildman–Crippen LogP) is 2.41. The Balaban J connectivity index is 2.88. The van der Waals surface area contributed by atoms with E-state index < -0.39 is 5.41 Å². The minimum atomic E-state index is -0.497. The Morgan fingerprint density at radius 3 is 2.17 bits per heavy atom. The Morgan fingerprint density at radius 1 is 1.08 bits per heavy atom. The molecule has 0 unspecified atom stereocenters. The molecule has 0 aromatic heterocycles. The molecule has 6 nitrogen and oxygen atoms in total. The number of hydrogen-bond acceptors (Lipinski definition) is 4. The molecule has 134 valence electrons. The molecule has 1 aromatic carbocycles. The van der Waals surface area contributed by atoms with Gasteiger partial charge in [-0.3, -0.25) is 9.59 Å². The number of amides is 2. The molecule has 0 saturated heterocycles. The van der Waals surface area contributed by atoms with Crippen LogP contribution in [0.4, 0.5) is 5.69 Å². The molecule has 0 radical (unpaired) electrons. The molecule has 24 heavy (non-hydrogen) atoms. The molecule has 0 aliphatic heterocycles. The van der Waals surface area contributed by atoms with E-state index in [1.165, 1.54) is 0 Å². The summed E-state index contributed by atoms with van der Waals surface area (Å²) in [5, 5.41) is 2.84. The molecule has 0 aliphatic rings. The fourth-order valence-corrected chi connectivity index (χ4v) is 1.95. The largest absolute Gasteiger partial charge is 0.383 e. The summed E-state index contributed by atoms with van der Waals surface area (Å²) in [5.41, 5.74) is 0.635. The molecule has 0 bridgehead atoms.